The second kappa shape index (κ2) is 8.51. The molecule has 0 saturated heterocycles. The molecule has 2 aromatic carbocycles. The third kappa shape index (κ3) is 5.28. The minimum atomic E-state index is -3.61. The number of amides is 1. The Morgan fingerprint density at radius 1 is 1.19 bits per heavy atom. The highest BCUT2D eigenvalue weighted by atomic mass is 32.2. The minimum absolute atomic E-state index is 0.0157. The maximum atomic E-state index is 12.3. The van der Waals surface area contributed by atoms with Crippen molar-refractivity contribution in [3.63, 3.8) is 0 Å². The van der Waals surface area contributed by atoms with Crippen molar-refractivity contribution in [3.05, 3.63) is 58.1 Å². The van der Waals surface area contributed by atoms with E-state index >= 15 is 0 Å². The van der Waals surface area contributed by atoms with E-state index in [1.807, 2.05) is 0 Å². The molecule has 0 aromatic heterocycles. The summed E-state index contributed by atoms with van der Waals surface area (Å²) in [5.41, 5.74) is 0.954. The number of carbonyl (C=O) groups excluding carboxylic acids is 1. The molecule has 27 heavy (non-hydrogen) atoms. The SMILES string of the molecule is Cc1ccc(NC(=O)CSc2ccc([N+](=O)[O-])cc2)cc1S(=O)(=O)N(C)C. The first-order valence-corrected chi connectivity index (χ1v) is 10.2. The molecule has 1 N–H and O–H groups in total. The van der Waals surface area contributed by atoms with Crippen LogP contribution in [0.15, 0.2) is 52.3 Å². The Labute approximate surface area is 161 Å². The topological polar surface area (TPSA) is 110 Å². The Morgan fingerprint density at radius 3 is 2.37 bits per heavy atom. The van der Waals surface area contributed by atoms with Gasteiger partial charge in [0, 0.05) is 36.8 Å². The number of aryl methyl sites for hydroxylation is 1. The van der Waals surface area contributed by atoms with Gasteiger partial charge in [-0.05, 0) is 36.8 Å². The van der Waals surface area contributed by atoms with Crippen molar-refractivity contribution in [2.75, 3.05) is 25.2 Å². The van der Waals surface area contributed by atoms with Gasteiger partial charge in [0.25, 0.3) is 5.69 Å². The maximum absolute atomic E-state index is 12.3. The Kier molecular flexibility index (Phi) is 6.58. The summed E-state index contributed by atoms with van der Waals surface area (Å²) >= 11 is 1.22. The van der Waals surface area contributed by atoms with Gasteiger partial charge in [-0.1, -0.05) is 6.07 Å². The number of hydrogen-bond acceptors (Lipinski definition) is 6. The summed E-state index contributed by atoms with van der Waals surface area (Å²) in [5, 5.41) is 13.3. The predicted molar refractivity (Wildman–Crippen MR) is 105 cm³/mol. The van der Waals surface area contributed by atoms with Crippen LogP contribution in [0.4, 0.5) is 11.4 Å². The smallest absolute Gasteiger partial charge is 0.269 e. The number of non-ortho nitro benzene ring substituents is 1. The van der Waals surface area contributed by atoms with Gasteiger partial charge in [0.1, 0.15) is 0 Å². The highest BCUT2D eigenvalue weighted by Crippen LogP contribution is 2.24. The van der Waals surface area contributed by atoms with Gasteiger partial charge in [-0.25, -0.2) is 12.7 Å². The molecule has 0 radical (unpaired) electrons. The number of rotatable bonds is 7. The first-order valence-electron chi connectivity index (χ1n) is 7.81. The number of hydrogen-bond donors (Lipinski definition) is 1. The van der Waals surface area contributed by atoms with Crippen LogP contribution in [0.2, 0.25) is 0 Å². The standard InChI is InChI=1S/C17H19N3O5S2/c1-12-4-5-13(10-16(12)27(24,25)19(2)3)18-17(21)11-26-15-8-6-14(7-9-15)20(22)23/h4-10H,11H2,1-3H3,(H,18,21). The van der Waals surface area contributed by atoms with Crippen molar-refractivity contribution in [2.45, 2.75) is 16.7 Å². The van der Waals surface area contributed by atoms with E-state index in [0.717, 1.165) is 9.20 Å². The van der Waals surface area contributed by atoms with Crippen LogP contribution in [0, 0.1) is 17.0 Å². The van der Waals surface area contributed by atoms with Gasteiger partial charge in [0.2, 0.25) is 15.9 Å². The van der Waals surface area contributed by atoms with Gasteiger partial charge < -0.3 is 5.32 Å². The van der Waals surface area contributed by atoms with Gasteiger partial charge in [0.15, 0.2) is 0 Å². The summed E-state index contributed by atoms with van der Waals surface area (Å²) in [5.74, 6) is -0.225. The lowest BCUT2D eigenvalue weighted by atomic mass is 10.2. The van der Waals surface area contributed by atoms with Crippen molar-refractivity contribution < 1.29 is 18.1 Å². The number of nitrogens with one attached hydrogen (secondary N) is 1. The molecular weight excluding hydrogens is 390 g/mol. The van der Waals surface area contributed by atoms with Crippen LogP contribution in [0.3, 0.4) is 0 Å². The second-order valence-corrected chi connectivity index (χ2v) is 9.02. The van der Waals surface area contributed by atoms with Crippen molar-refractivity contribution in [1.29, 1.82) is 0 Å². The fourth-order valence-electron chi connectivity index (χ4n) is 2.16. The molecule has 0 unspecified atom stereocenters. The Morgan fingerprint density at radius 2 is 1.81 bits per heavy atom. The molecule has 0 aliphatic rings. The van der Waals surface area contributed by atoms with Crippen LogP contribution in [0.25, 0.3) is 0 Å². The number of nitro benzene ring substituents is 1. The number of carbonyl (C=O) groups is 1. The van der Waals surface area contributed by atoms with Crippen LogP contribution in [-0.4, -0.2) is 43.4 Å². The third-order valence-electron chi connectivity index (χ3n) is 3.65. The normalized spacial score (nSPS) is 11.4. The van der Waals surface area contributed by atoms with E-state index in [0.29, 0.717) is 11.3 Å². The number of thioether (sulfide) groups is 1. The van der Waals surface area contributed by atoms with Gasteiger partial charge in [-0.15, -0.1) is 11.8 Å². The fourth-order valence-corrected chi connectivity index (χ4v) is 4.01. The van der Waals surface area contributed by atoms with Gasteiger partial charge in [-0.3, -0.25) is 14.9 Å². The molecule has 0 aliphatic heterocycles. The number of sulfonamides is 1. The average molecular weight is 409 g/mol. The Bertz CT molecular complexity index is 957. The maximum Gasteiger partial charge on any atom is 0.269 e. The van der Waals surface area contributed by atoms with E-state index in [4.69, 9.17) is 0 Å². The Balaban J connectivity index is 2.04. The van der Waals surface area contributed by atoms with Gasteiger partial charge >= 0.3 is 0 Å². The van der Waals surface area contributed by atoms with Crippen LogP contribution >= 0.6 is 11.8 Å². The molecule has 0 fully saturated rings. The quantitative estimate of drug-likeness (QED) is 0.428. The van der Waals surface area contributed by atoms with Crippen LogP contribution in [-0.2, 0) is 14.8 Å². The van der Waals surface area contributed by atoms with Crippen LogP contribution < -0.4 is 5.32 Å². The largest absolute Gasteiger partial charge is 0.325 e. The van der Waals surface area contributed by atoms with E-state index in [2.05, 4.69) is 5.32 Å². The molecule has 0 heterocycles. The van der Waals surface area contributed by atoms with E-state index in [1.165, 1.54) is 44.1 Å². The zero-order chi connectivity index (χ0) is 20.2. The molecule has 1 amide bonds. The second-order valence-electron chi connectivity index (χ2n) is 5.86. The predicted octanol–water partition coefficient (Wildman–Crippen LogP) is 2.88. The third-order valence-corrected chi connectivity index (χ3v) is 6.62. The van der Waals surface area contributed by atoms with E-state index < -0.39 is 14.9 Å². The van der Waals surface area contributed by atoms with Crippen molar-refractivity contribution in [1.82, 2.24) is 4.31 Å². The first kappa shape index (κ1) is 20.9. The molecule has 0 bridgehead atoms. The zero-order valence-corrected chi connectivity index (χ0v) is 16.6. The number of nitro groups is 1. The lowest BCUT2D eigenvalue weighted by Crippen LogP contribution is -2.23. The van der Waals surface area contributed by atoms with E-state index in [-0.39, 0.29) is 22.2 Å². The number of benzene rings is 2. The lowest BCUT2D eigenvalue weighted by Gasteiger charge is -2.15. The number of nitrogens with zero attached hydrogens (tertiary/aromatic N) is 2. The monoisotopic (exact) mass is 409 g/mol. The first-order chi connectivity index (χ1) is 12.6. The molecule has 2 aromatic rings. The molecule has 0 atom stereocenters. The molecule has 0 aliphatic carbocycles. The van der Waals surface area contributed by atoms with Crippen molar-refractivity contribution in [3.8, 4) is 0 Å². The van der Waals surface area contributed by atoms with Crippen molar-refractivity contribution >= 4 is 39.1 Å². The summed E-state index contributed by atoms with van der Waals surface area (Å²) < 4.78 is 25.8. The Hall–Kier alpha value is -2.43. The summed E-state index contributed by atoms with van der Waals surface area (Å²) in [4.78, 5) is 23.1. The molecule has 10 heteroatoms. The van der Waals surface area contributed by atoms with Gasteiger partial charge in [0.05, 0.1) is 15.6 Å². The van der Waals surface area contributed by atoms with E-state index in [1.54, 1.807) is 31.2 Å². The molecule has 0 spiro atoms. The highest BCUT2D eigenvalue weighted by Gasteiger charge is 2.20. The highest BCUT2D eigenvalue weighted by molar-refractivity contribution is 8.00. The average Bonchev–Trinajstić information content (AvgIpc) is 2.61. The summed E-state index contributed by atoms with van der Waals surface area (Å²) in [6.07, 6.45) is 0. The summed E-state index contributed by atoms with van der Waals surface area (Å²) in [7, 11) is -0.720. The van der Waals surface area contributed by atoms with Gasteiger partial charge in [-0.2, -0.15) is 0 Å². The zero-order valence-electron chi connectivity index (χ0n) is 15.0. The summed E-state index contributed by atoms with van der Waals surface area (Å²) in [6, 6.07) is 10.6. The molecule has 144 valence electrons. The molecular formula is C17H19N3O5S2. The van der Waals surface area contributed by atoms with Crippen LogP contribution in [0.5, 0.6) is 0 Å². The molecule has 0 saturated carbocycles. The fraction of sp³-hybridized carbons (Fsp3) is 0.235. The summed E-state index contributed by atoms with van der Waals surface area (Å²) in [6.45, 7) is 1.69. The molecule has 2 rings (SSSR count). The molecule has 8 nitrogen and oxygen atoms in total. The van der Waals surface area contributed by atoms with Crippen LogP contribution in [0.1, 0.15) is 5.56 Å². The minimum Gasteiger partial charge on any atom is -0.325 e. The van der Waals surface area contributed by atoms with Crippen molar-refractivity contribution in [2.24, 2.45) is 0 Å². The lowest BCUT2D eigenvalue weighted by molar-refractivity contribution is -0.384. The number of anilines is 1. The van der Waals surface area contributed by atoms with E-state index in [9.17, 15) is 23.3 Å².